The summed E-state index contributed by atoms with van der Waals surface area (Å²) in [4.78, 5) is 14.1. The van der Waals surface area contributed by atoms with E-state index in [1.807, 2.05) is 37.4 Å². The topological polar surface area (TPSA) is 78.5 Å². The molecule has 0 saturated heterocycles. The second kappa shape index (κ2) is 9.24. The van der Waals surface area contributed by atoms with E-state index < -0.39 is 9.84 Å². The molecule has 26 heavy (non-hydrogen) atoms. The number of para-hydroxylation sites is 1. The molecule has 2 N–H and O–H groups in total. The third kappa shape index (κ3) is 7.14. The van der Waals surface area contributed by atoms with Crippen molar-refractivity contribution >= 4 is 27.2 Å². The SMILES string of the molecule is CN(CCCNC(=O)Nc1cccc(CS(C)(=O)=O)c1)c1ccccc1. The van der Waals surface area contributed by atoms with Crippen molar-refractivity contribution in [2.75, 3.05) is 36.6 Å². The predicted molar refractivity (Wildman–Crippen MR) is 106 cm³/mol. The van der Waals surface area contributed by atoms with Crippen LogP contribution in [-0.2, 0) is 15.6 Å². The van der Waals surface area contributed by atoms with E-state index in [0.29, 0.717) is 17.8 Å². The number of carbonyl (C=O) groups is 1. The van der Waals surface area contributed by atoms with Crippen LogP contribution in [-0.4, -0.2) is 40.8 Å². The van der Waals surface area contributed by atoms with Gasteiger partial charge in [-0.05, 0) is 36.2 Å². The molecule has 0 heterocycles. The Bertz CT molecular complexity index is 823. The summed E-state index contributed by atoms with van der Waals surface area (Å²) in [5.74, 6) is -0.0457. The summed E-state index contributed by atoms with van der Waals surface area (Å²) in [7, 11) is -1.09. The van der Waals surface area contributed by atoms with Gasteiger partial charge in [-0.3, -0.25) is 0 Å². The summed E-state index contributed by atoms with van der Waals surface area (Å²) in [6.45, 7) is 1.38. The first-order valence-corrected chi connectivity index (χ1v) is 10.5. The van der Waals surface area contributed by atoms with Gasteiger partial charge in [0.1, 0.15) is 0 Å². The highest BCUT2D eigenvalue weighted by Gasteiger charge is 2.07. The Balaban J connectivity index is 1.74. The second-order valence-corrected chi connectivity index (χ2v) is 8.40. The molecule has 0 unspecified atom stereocenters. The lowest BCUT2D eigenvalue weighted by atomic mass is 10.2. The summed E-state index contributed by atoms with van der Waals surface area (Å²) >= 11 is 0. The minimum absolute atomic E-state index is 0.0457. The van der Waals surface area contributed by atoms with Crippen molar-refractivity contribution in [1.29, 1.82) is 0 Å². The molecule has 6 nitrogen and oxygen atoms in total. The molecule has 140 valence electrons. The molecule has 0 spiro atoms. The fraction of sp³-hybridized carbons (Fsp3) is 0.316. The molecule has 0 fully saturated rings. The van der Waals surface area contributed by atoms with Crippen LogP contribution < -0.4 is 15.5 Å². The Hall–Kier alpha value is -2.54. The Morgan fingerprint density at radius 3 is 2.50 bits per heavy atom. The lowest BCUT2D eigenvalue weighted by Crippen LogP contribution is -2.31. The van der Waals surface area contributed by atoms with E-state index in [1.54, 1.807) is 24.3 Å². The first-order valence-electron chi connectivity index (χ1n) is 8.41. The molecule has 0 bridgehead atoms. The molecule has 0 aliphatic carbocycles. The summed E-state index contributed by atoms with van der Waals surface area (Å²) in [6, 6.07) is 16.6. The molecule has 2 amide bonds. The van der Waals surface area contributed by atoms with Crippen LogP contribution in [0.3, 0.4) is 0 Å². The first-order chi connectivity index (χ1) is 12.3. The Morgan fingerprint density at radius 1 is 1.08 bits per heavy atom. The van der Waals surface area contributed by atoms with Crippen LogP contribution in [0.25, 0.3) is 0 Å². The molecule has 0 aliphatic rings. The summed E-state index contributed by atoms with van der Waals surface area (Å²) in [5, 5.41) is 5.54. The number of benzene rings is 2. The van der Waals surface area contributed by atoms with Crippen molar-refractivity contribution in [3.8, 4) is 0 Å². The number of hydrogen-bond acceptors (Lipinski definition) is 4. The van der Waals surface area contributed by atoms with Crippen molar-refractivity contribution in [3.05, 3.63) is 60.2 Å². The van der Waals surface area contributed by atoms with E-state index in [-0.39, 0.29) is 11.8 Å². The maximum atomic E-state index is 12.0. The number of urea groups is 1. The van der Waals surface area contributed by atoms with E-state index in [0.717, 1.165) is 18.7 Å². The van der Waals surface area contributed by atoms with Gasteiger partial charge in [-0.2, -0.15) is 0 Å². The zero-order valence-corrected chi connectivity index (χ0v) is 15.9. The maximum absolute atomic E-state index is 12.0. The van der Waals surface area contributed by atoms with Gasteiger partial charge in [0.25, 0.3) is 0 Å². The highest BCUT2D eigenvalue weighted by atomic mass is 32.2. The molecular weight excluding hydrogens is 350 g/mol. The third-order valence-electron chi connectivity index (χ3n) is 3.77. The standard InChI is InChI=1S/C19H25N3O3S/c1-22(18-10-4-3-5-11-18)13-7-12-20-19(23)21-17-9-6-8-16(14-17)15-26(2,24)25/h3-6,8-11,14H,7,12-13,15H2,1-2H3,(H2,20,21,23). The molecule has 0 radical (unpaired) electrons. The van der Waals surface area contributed by atoms with E-state index in [9.17, 15) is 13.2 Å². The highest BCUT2D eigenvalue weighted by molar-refractivity contribution is 7.89. The monoisotopic (exact) mass is 375 g/mol. The number of rotatable bonds is 8. The van der Waals surface area contributed by atoms with Gasteiger partial charge in [-0.25, -0.2) is 13.2 Å². The maximum Gasteiger partial charge on any atom is 0.319 e. The van der Waals surface area contributed by atoms with Gasteiger partial charge in [0.2, 0.25) is 0 Å². The minimum Gasteiger partial charge on any atom is -0.375 e. The molecule has 0 saturated carbocycles. The number of nitrogens with one attached hydrogen (secondary N) is 2. The van der Waals surface area contributed by atoms with Crippen molar-refractivity contribution in [2.24, 2.45) is 0 Å². The second-order valence-electron chi connectivity index (χ2n) is 6.26. The largest absolute Gasteiger partial charge is 0.375 e. The van der Waals surface area contributed by atoms with Gasteiger partial charge in [0.15, 0.2) is 9.84 Å². The molecule has 2 aromatic rings. The highest BCUT2D eigenvalue weighted by Crippen LogP contribution is 2.13. The molecular formula is C19H25N3O3S. The normalized spacial score (nSPS) is 11.0. The third-order valence-corrected chi connectivity index (χ3v) is 4.62. The van der Waals surface area contributed by atoms with Crippen LogP contribution in [0, 0.1) is 0 Å². The quantitative estimate of drug-likeness (QED) is 0.696. The Labute approximate surface area is 155 Å². The number of carbonyl (C=O) groups excluding carboxylic acids is 1. The van der Waals surface area contributed by atoms with Gasteiger partial charge in [-0.1, -0.05) is 30.3 Å². The number of sulfone groups is 1. The molecule has 7 heteroatoms. The van der Waals surface area contributed by atoms with Gasteiger partial charge >= 0.3 is 6.03 Å². The van der Waals surface area contributed by atoms with E-state index >= 15 is 0 Å². The van der Waals surface area contributed by atoms with E-state index in [4.69, 9.17) is 0 Å². The number of nitrogens with zero attached hydrogens (tertiary/aromatic N) is 1. The average molecular weight is 375 g/mol. The smallest absolute Gasteiger partial charge is 0.319 e. The first kappa shape index (κ1) is 19.8. The van der Waals surface area contributed by atoms with Crippen molar-refractivity contribution in [2.45, 2.75) is 12.2 Å². The number of hydrogen-bond donors (Lipinski definition) is 2. The van der Waals surface area contributed by atoms with Crippen LogP contribution in [0.4, 0.5) is 16.2 Å². The van der Waals surface area contributed by atoms with Crippen molar-refractivity contribution < 1.29 is 13.2 Å². The molecule has 0 atom stereocenters. The van der Waals surface area contributed by atoms with Crippen molar-refractivity contribution in [3.63, 3.8) is 0 Å². The lowest BCUT2D eigenvalue weighted by Gasteiger charge is -2.19. The minimum atomic E-state index is -3.10. The van der Waals surface area contributed by atoms with Crippen LogP contribution in [0.15, 0.2) is 54.6 Å². The Kier molecular flexibility index (Phi) is 7.03. The van der Waals surface area contributed by atoms with Crippen LogP contribution >= 0.6 is 0 Å². The Morgan fingerprint density at radius 2 is 1.81 bits per heavy atom. The fourth-order valence-corrected chi connectivity index (χ4v) is 3.33. The van der Waals surface area contributed by atoms with Gasteiger partial charge in [0, 0.05) is 37.8 Å². The molecule has 2 rings (SSSR count). The predicted octanol–water partition coefficient (Wildman–Crippen LogP) is 2.88. The van der Waals surface area contributed by atoms with E-state index in [1.165, 1.54) is 6.26 Å². The zero-order chi connectivity index (χ0) is 19.0. The summed E-state index contributed by atoms with van der Waals surface area (Å²) in [6.07, 6.45) is 2.00. The van der Waals surface area contributed by atoms with Gasteiger partial charge in [0.05, 0.1) is 5.75 Å². The number of amides is 2. The van der Waals surface area contributed by atoms with E-state index in [2.05, 4.69) is 15.5 Å². The van der Waals surface area contributed by atoms with Crippen LogP contribution in [0.5, 0.6) is 0 Å². The van der Waals surface area contributed by atoms with Crippen molar-refractivity contribution in [1.82, 2.24) is 5.32 Å². The van der Waals surface area contributed by atoms with Crippen LogP contribution in [0.1, 0.15) is 12.0 Å². The fourth-order valence-electron chi connectivity index (χ4n) is 2.55. The summed E-state index contributed by atoms with van der Waals surface area (Å²) < 4.78 is 22.7. The van der Waals surface area contributed by atoms with Crippen LogP contribution in [0.2, 0.25) is 0 Å². The summed E-state index contributed by atoms with van der Waals surface area (Å²) in [5.41, 5.74) is 2.36. The van der Waals surface area contributed by atoms with Gasteiger partial charge in [-0.15, -0.1) is 0 Å². The molecule has 0 aliphatic heterocycles. The molecule has 2 aromatic carbocycles. The molecule has 0 aromatic heterocycles. The average Bonchev–Trinajstić information content (AvgIpc) is 2.58. The zero-order valence-electron chi connectivity index (χ0n) is 15.1. The number of anilines is 2. The van der Waals surface area contributed by atoms with Gasteiger partial charge < -0.3 is 15.5 Å². The lowest BCUT2D eigenvalue weighted by molar-refractivity contribution is 0.252.